The van der Waals surface area contributed by atoms with E-state index in [1.165, 1.54) is 19.3 Å². The average Bonchev–Trinajstić information content (AvgIpc) is 2.75. The second-order valence-corrected chi connectivity index (χ2v) is 8.73. The van der Waals surface area contributed by atoms with E-state index in [-0.39, 0.29) is 17.7 Å². The van der Waals surface area contributed by atoms with E-state index in [0.29, 0.717) is 32.0 Å². The molecule has 1 aliphatic heterocycles. The first-order chi connectivity index (χ1) is 14.5. The van der Waals surface area contributed by atoms with Gasteiger partial charge in [0.2, 0.25) is 11.8 Å². The first-order valence-corrected chi connectivity index (χ1v) is 11.4. The molecular weight excluding hydrogens is 380 g/mol. The molecule has 0 unspecified atom stereocenters. The van der Waals surface area contributed by atoms with E-state index in [0.717, 1.165) is 55.0 Å². The Morgan fingerprint density at radius 3 is 2.43 bits per heavy atom. The number of piperidine rings is 1. The van der Waals surface area contributed by atoms with Crippen molar-refractivity contribution in [3.05, 3.63) is 22.8 Å². The number of likely N-dealkylation sites (tertiary alicyclic amines) is 1. The maximum atomic E-state index is 12.6. The van der Waals surface area contributed by atoms with E-state index >= 15 is 0 Å². The quantitative estimate of drug-likeness (QED) is 0.739. The molecule has 0 spiro atoms. The van der Waals surface area contributed by atoms with Gasteiger partial charge in [-0.2, -0.15) is 0 Å². The third-order valence-electron chi connectivity index (χ3n) is 6.40. The first-order valence-electron chi connectivity index (χ1n) is 11.4. The molecule has 1 saturated carbocycles. The summed E-state index contributed by atoms with van der Waals surface area (Å²) >= 11 is 0. The highest BCUT2D eigenvalue weighted by Crippen LogP contribution is 2.26. The van der Waals surface area contributed by atoms with E-state index < -0.39 is 0 Å². The molecule has 3 rings (SSSR count). The maximum Gasteiger partial charge on any atom is 0.224 e. The van der Waals surface area contributed by atoms with Gasteiger partial charge in [-0.25, -0.2) is 9.97 Å². The number of aromatic nitrogens is 2. The van der Waals surface area contributed by atoms with Crippen LogP contribution in [0.4, 0.5) is 0 Å². The van der Waals surface area contributed by atoms with Gasteiger partial charge in [0, 0.05) is 49.1 Å². The monoisotopic (exact) mass is 416 g/mol. The highest BCUT2D eigenvalue weighted by atomic mass is 16.5. The summed E-state index contributed by atoms with van der Waals surface area (Å²) in [6.45, 7) is 5.82. The smallest absolute Gasteiger partial charge is 0.224 e. The van der Waals surface area contributed by atoms with E-state index in [9.17, 15) is 9.59 Å². The molecule has 1 aromatic rings. The number of rotatable bonds is 7. The molecule has 2 amide bonds. The summed E-state index contributed by atoms with van der Waals surface area (Å²) in [4.78, 5) is 36.4. The van der Waals surface area contributed by atoms with Crippen LogP contribution in [0.15, 0.2) is 0 Å². The molecule has 1 aromatic heterocycles. The summed E-state index contributed by atoms with van der Waals surface area (Å²) in [7, 11) is 1.61. The van der Waals surface area contributed by atoms with Crippen LogP contribution in [0.2, 0.25) is 0 Å². The van der Waals surface area contributed by atoms with Gasteiger partial charge in [-0.15, -0.1) is 0 Å². The number of methoxy groups -OCH3 is 1. The highest BCUT2D eigenvalue weighted by molar-refractivity contribution is 5.79. The Hall–Kier alpha value is -2.02. The minimum absolute atomic E-state index is 0.0667. The SMILES string of the molecule is COCCC(=O)N1CCC[C@H](c2nc(C)c(CC(=O)NC3CCCCC3)c(C)n2)C1. The third-order valence-corrected chi connectivity index (χ3v) is 6.40. The molecule has 2 fully saturated rings. The number of nitrogens with one attached hydrogen (secondary N) is 1. The molecule has 0 radical (unpaired) electrons. The Kier molecular flexibility index (Phi) is 8.19. The van der Waals surface area contributed by atoms with Crippen molar-refractivity contribution in [3.63, 3.8) is 0 Å². The van der Waals surface area contributed by atoms with Crippen LogP contribution in [0.1, 0.15) is 80.1 Å². The number of nitrogens with zero attached hydrogens (tertiary/aromatic N) is 3. The van der Waals surface area contributed by atoms with Gasteiger partial charge in [-0.1, -0.05) is 19.3 Å². The number of carbonyl (C=O) groups excluding carboxylic acids is 2. The number of hydrogen-bond donors (Lipinski definition) is 1. The van der Waals surface area contributed by atoms with E-state index in [2.05, 4.69) is 5.32 Å². The molecule has 1 aliphatic carbocycles. The lowest BCUT2D eigenvalue weighted by atomic mass is 9.95. The van der Waals surface area contributed by atoms with Crippen molar-refractivity contribution in [1.82, 2.24) is 20.2 Å². The standard InChI is InChI=1S/C23H36N4O3/c1-16-20(14-21(28)26-19-9-5-4-6-10-19)17(2)25-23(24-16)18-8-7-12-27(15-18)22(29)11-13-30-3/h18-19H,4-15H2,1-3H3,(H,26,28)/t18-/m0/s1. The summed E-state index contributed by atoms with van der Waals surface area (Å²) in [5.41, 5.74) is 2.68. The zero-order valence-electron chi connectivity index (χ0n) is 18.7. The fraction of sp³-hybridized carbons (Fsp3) is 0.739. The molecule has 7 nitrogen and oxygen atoms in total. The average molecular weight is 417 g/mol. The Morgan fingerprint density at radius 2 is 1.77 bits per heavy atom. The van der Waals surface area contributed by atoms with E-state index in [1.807, 2.05) is 18.7 Å². The van der Waals surface area contributed by atoms with E-state index in [1.54, 1.807) is 7.11 Å². The Labute approximate surface area is 180 Å². The van der Waals surface area contributed by atoms with Gasteiger partial charge < -0.3 is 15.0 Å². The number of amides is 2. The molecule has 7 heteroatoms. The molecule has 166 valence electrons. The van der Waals surface area contributed by atoms with Crippen molar-refractivity contribution in [3.8, 4) is 0 Å². The van der Waals surface area contributed by atoms with E-state index in [4.69, 9.17) is 14.7 Å². The van der Waals surface area contributed by atoms with Gasteiger partial charge in [0.15, 0.2) is 0 Å². The molecule has 1 N–H and O–H groups in total. The van der Waals surface area contributed by atoms with Gasteiger partial charge >= 0.3 is 0 Å². The number of ether oxygens (including phenoxy) is 1. The van der Waals surface area contributed by atoms with Crippen molar-refractivity contribution >= 4 is 11.8 Å². The molecule has 2 aliphatic rings. The molecule has 1 atom stereocenters. The molecular formula is C23H36N4O3. The van der Waals surface area contributed by atoms with Crippen LogP contribution in [-0.2, 0) is 20.7 Å². The van der Waals surface area contributed by atoms with Gasteiger partial charge in [-0.3, -0.25) is 9.59 Å². The third kappa shape index (κ3) is 6.00. The fourth-order valence-corrected chi connectivity index (χ4v) is 4.65. The number of aryl methyl sites for hydroxylation is 2. The van der Waals surface area contributed by atoms with Crippen LogP contribution < -0.4 is 5.32 Å². The summed E-state index contributed by atoms with van der Waals surface area (Å²) in [6.07, 6.45) is 8.53. The van der Waals surface area contributed by atoms with Crippen LogP contribution in [0, 0.1) is 13.8 Å². The minimum atomic E-state index is 0.0667. The minimum Gasteiger partial charge on any atom is -0.384 e. The highest BCUT2D eigenvalue weighted by Gasteiger charge is 2.27. The zero-order valence-corrected chi connectivity index (χ0v) is 18.7. The van der Waals surface area contributed by atoms with Gasteiger partial charge in [-0.05, 0) is 39.5 Å². The summed E-state index contributed by atoms with van der Waals surface area (Å²) < 4.78 is 5.03. The molecule has 1 saturated heterocycles. The Morgan fingerprint density at radius 1 is 1.07 bits per heavy atom. The maximum absolute atomic E-state index is 12.6. The lowest BCUT2D eigenvalue weighted by Crippen LogP contribution is -2.40. The number of carbonyl (C=O) groups is 2. The first kappa shape index (κ1) is 22.7. The zero-order chi connectivity index (χ0) is 21.5. The van der Waals surface area contributed by atoms with Crippen molar-refractivity contribution in [2.24, 2.45) is 0 Å². The molecule has 0 bridgehead atoms. The predicted octanol–water partition coefficient (Wildman–Crippen LogP) is 2.83. The Balaban J connectivity index is 1.63. The van der Waals surface area contributed by atoms with Crippen LogP contribution >= 0.6 is 0 Å². The topological polar surface area (TPSA) is 84.4 Å². The Bertz CT molecular complexity index is 723. The lowest BCUT2D eigenvalue weighted by molar-refractivity contribution is -0.133. The molecule has 2 heterocycles. The van der Waals surface area contributed by atoms with Crippen LogP contribution in [0.25, 0.3) is 0 Å². The van der Waals surface area contributed by atoms with Gasteiger partial charge in [0.05, 0.1) is 19.4 Å². The summed E-state index contributed by atoms with van der Waals surface area (Å²) in [6, 6.07) is 0.316. The van der Waals surface area contributed by atoms with Crippen LogP contribution in [0.5, 0.6) is 0 Å². The lowest BCUT2D eigenvalue weighted by Gasteiger charge is -2.32. The van der Waals surface area contributed by atoms with Crippen LogP contribution in [-0.4, -0.2) is 59.5 Å². The second-order valence-electron chi connectivity index (χ2n) is 8.73. The molecule has 0 aromatic carbocycles. The summed E-state index contributed by atoms with van der Waals surface area (Å²) in [5, 5.41) is 3.19. The fourth-order valence-electron chi connectivity index (χ4n) is 4.65. The largest absolute Gasteiger partial charge is 0.384 e. The number of hydrogen-bond acceptors (Lipinski definition) is 5. The normalized spacial score (nSPS) is 20.2. The van der Waals surface area contributed by atoms with Gasteiger partial charge in [0.1, 0.15) is 5.82 Å². The van der Waals surface area contributed by atoms with Crippen molar-refractivity contribution in [2.75, 3.05) is 26.8 Å². The van der Waals surface area contributed by atoms with Gasteiger partial charge in [0.25, 0.3) is 0 Å². The van der Waals surface area contributed by atoms with Crippen LogP contribution in [0.3, 0.4) is 0 Å². The van der Waals surface area contributed by atoms with Crippen molar-refractivity contribution in [1.29, 1.82) is 0 Å². The van der Waals surface area contributed by atoms with Crippen molar-refractivity contribution < 1.29 is 14.3 Å². The molecule has 30 heavy (non-hydrogen) atoms. The van der Waals surface area contributed by atoms with Crippen molar-refractivity contribution in [2.45, 2.75) is 83.6 Å². The second kappa shape index (κ2) is 10.8. The predicted molar refractivity (Wildman–Crippen MR) is 115 cm³/mol. The summed E-state index contributed by atoms with van der Waals surface area (Å²) in [5.74, 6) is 1.14.